The number of benzene rings is 1. The summed E-state index contributed by atoms with van der Waals surface area (Å²) in [6, 6.07) is 8.84. The fraction of sp³-hybridized carbons (Fsp3) is 0.318. The largest absolute Gasteiger partial charge is 0.507 e. The first-order valence-corrected chi connectivity index (χ1v) is 9.62. The minimum atomic E-state index is -0.0608. The third-order valence-electron chi connectivity index (χ3n) is 4.74. The van der Waals surface area contributed by atoms with Crippen LogP contribution in [0.3, 0.4) is 0 Å². The molecule has 0 unspecified atom stereocenters. The van der Waals surface area contributed by atoms with Gasteiger partial charge in [0.05, 0.1) is 18.7 Å². The highest BCUT2D eigenvalue weighted by molar-refractivity contribution is 5.84. The summed E-state index contributed by atoms with van der Waals surface area (Å²) in [5, 5.41) is 10.5. The van der Waals surface area contributed by atoms with E-state index in [0.717, 1.165) is 35.8 Å². The third-order valence-corrected chi connectivity index (χ3v) is 4.74. The Hall–Kier alpha value is -3.10. The molecule has 2 saturated heterocycles. The number of allylic oxidation sites excluding steroid dienone is 1. The number of anilines is 1. The summed E-state index contributed by atoms with van der Waals surface area (Å²) in [5.74, 6) is 0.730. The van der Waals surface area contributed by atoms with Crippen molar-refractivity contribution >= 4 is 23.9 Å². The quantitative estimate of drug-likeness (QED) is 0.347. The van der Waals surface area contributed by atoms with E-state index in [0.29, 0.717) is 36.5 Å². The van der Waals surface area contributed by atoms with Gasteiger partial charge in [-0.05, 0) is 50.1 Å². The van der Waals surface area contributed by atoms with Crippen molar-refractivity contribution in [3.05, 3.63) is 59.8 Å². The highest BCUT2D eigenvalue weighted by Crippen LogP contribution is 2.34. The molecule has 0 atom stereocenters. The number of aromatic hydroxyl groups is 1. The molecule has 8 heteroatoms. The van der Waals surface area contributed by atoms with Gasteiger partial charge in [0.1, 0.15) is 17.9 Å². The molecule has 0 radical (unpaired) electrons. The number of aromatic nitrogens is 1. The fourth-order valence-electron chi connectivity index (χ4n) is 3.30. The number of H-pyrrole nitrogens is 1. The van der Waals surface area contributed by atoms with Crippen LogP contribution in [0.1, 0.15) is 29.7 Å². The Balaban J connectivity index is 0.000000204. The molecule has 2 aliphatic heterocycles. The van der Waals surface area contributed by atoms with Crippen LogP contribution in [-0.2, 0) is 9.53 Å². The SMILES string of the molecule is C=CC=O.Cc1cc(/C=C(\N)c2ccccc2O)c(N)[nH]1.FN1CC2(CCCO2)C1. The Morgan fingerprint density at radius 2 is 2.07 bits per heavy atom. The average molecular weight is 416 g/mol. The molecule has 2 aromatic rings. The van der Waals surface area contributed by atoms with E-state index < -0.39 is 0 Å². The van der Waals surface area contributed by atoms with Crippen LogP contribution in [0.5, 0.6) is 5.75 Å². The van der Waals surface area contributed by atoms with Crippen LogP contribution in [0.15, 0.2) is 43.0 Å². The highest BCUT2D eigenvalue weighted by Gasteiger charge is 2.46. The number of nitrogen functional groups attached to an aromatic ring is 1. The van der Waals surface area contributed by atoms with Gasteiger partial charge in [-0.15, -0.1) is 9.60 Å². The number of aryl methyl sites for hydroxylation is 1. The zero-order chi connectivity index (χ0) is 22.1. The summed E-state index contributed by atoms with van der Waals surface area (Å²) in [4.78, 5) is 12.0. The molecule has 1 aromatic carbocycles. The lowest BCUT2D eigenvalue weighted by Crippen LogP contribution is -2.57. The lowest BCUT2D eigenvalue weighted by atomic mass is 9.93. The number of ether oxygens (including phenoxy) is 1. The number of nitrogens with zero attached hydrogens (tertiary/aromatic N) is 1. The van der Waals surface area contributed by atoms with E-state index >= 15 is 0 Å². The van der Waals surface area contributed by atoms with Crippen molar-refractivity contribution in [3.63, 3.8) is 0 Å². The predicted molar refractivity (Wildman–Crippen MR) is 117 cm³/mol. The topological polar surface area (TPSA) is 118 Å². The zero-order valence-corrected chi connectivity index (χ0v) is 17.1. The first-order valence-electron chi connectivity index (χ1n) is 9.62. The average Bonchev–Trinajstić information content (AvgIpc) is 3.29. The maximum atomic E-state index is 12.2. The normalized spacial score (nSPS) is 17.2. The van der Waals surface area contributed by atoms with E-state index in [2.05, 4.69) is 11.6 Å². The molecule has 6 N–H and O–H groups in total. The summed E-state index contributed by atoms with van der Waals surface area (Å²) in [5.41, 5.74) is 14.5. The summed E-state index contributed by atoms with van der Waals surface area (Å²) >= 11 is 0. The lowest BCUT2D eigenvalue weighted by molar-refractivity contribution is -0.188. The molecule has 1 aromatic heterocycles. The van der Waals surface area contributed by atoms with E-state index in [1.54, 1.807) is 24.3 Å². The first kappa shape index (κ1) is 23.2. The highest BCUT2D eigenvalue weighted by atomic mass is 19.2. The number of nitrogens with one attached hydrogen (secondary N) is 1. The monoisotopic (exact) mass is 416 g/mol. The van der Waals surface area contributed by atoms with Crippen molar-refractivity contribution in [1.29, 1.82) is 0 Å². The number of carbonyl (C=O) groups excluding carboxylic acids is 1. The number of phenols is 1. The summed E-state index contributed by atoms with van der Waals surface area (Å²) in [7, 11) is 0. The number of nitrogens with two attached hydrogens (primary N) is 2. The molecule has 0 saturated carbocycles. The number of para-hydroxylation sites is 1. The van der Waals surface area contributed by atoms with Crippen molar-refractivity contribution in [3.8, 4) is 5.75 Å². The Morgan fingerprint density at radius 3 is 2.53 bits per heavy atom. The van der Waals surface area contributed by atoms with E-state index in [1.165, 1.54) is 6.08 Å². The predicted octanol–water partition coefficient (Wildman–Crippen LogP) is 3.17. The van der Waals surface area contributed by atoms with Gasteiger partial charge in [-0.2, -0.15) is 0 Å². The second-order valence-electron chi connectivity index (χ2n) is 7.22. The molecular weight excluding hydrogens is 387 g/mol. The minimum Gasteiger partial charge on any atom is -0.507 e. The van der Waals surface area contributed by atoms with Crippen molar-refractivity contribution in [1.82, 2.24) is 10.1 Å². The second kappa shape index (κ2) is 10.6. The molecule has 7 nitrogen and oxygen atoms in total. The number of carbonyl (C=O) groups is 1. The molecule has 2 aliphatic rings. The van der Waals surface area contributed by atoms with Crippen LogP contribution < -0.4 is 11.5 Å². The molecule has 0 amide bonds. The van der Waals surface area contributed by atoms with Crippen molar-refractivity contribution in [2.45, 2.75) is 25.4 Å². The molecule has 0 aliphatic carbocycles. The number of rotatable bonds is 3. The van der Waals surface area contributed by atoms with Gasteiger partial charge >= 0.3 is 0 Å². The van der Waals surface area contributed by atoms with E-state index in [-0.39, 0.29) is 11.4 Å². The Kier molecular flexibility index (Phi) is 8.20. The van der Waals surface area contributed by atoms with Gasteiger partial charge in [-0.1, -0.05) is 18.7 Å². The van der Waals surface area contributed by atoms with Gasteiger partial charge in [-0.25, -0.2) is 0 Å². The molecule has 0 bridgehead atoms. The van der Waals surface area contributed by atoms with Crippen LogP contribution in [0.25, 0.3) is 11.8 Å². The fourth-order valence-corrected chi connectivity index (χ4v) is 3.30. The Labute approximate surface area is 175 Å². The summed E-state index contributed by atoms with van der Waals surface area (Å²) < 4.78 is 17.5. The number of hydrogen-bond acceptors (Lipinski definition) is 6. The lowest BCUT2D eigenvalue weighted by Gasteiger charge is -2.41. The molecule has 4 rings (SSSR count). The molecule has 1 spiro atoms. The van der Waals surface area contributed by atoms with Crippen molar-refractivity contribution in [2.24, 2.45) is 5.73 Å². The standard InChI is InChI=1S/C13H15N3O.C6H10FNO.C3H4O/c1-8-6-9(13(15)16-8)7-11(14)10-4-2-3-5-12(10)17;7-8-4-6(5-8)2-1-3-9-6;1-2-3-4/h2-7,16-17H,14-15H2,1H3;1-5H2;2-3H,1H2/b11-7-;;. The van der Waals surface area contributed by atoms with Gasteiger partial charge in [0.25, 0.3) is 0 Å². The van der Waals surface area contributed by atoms with Crippen LogP contribution in [-0.4, -0.2) is 46.8 Å². The first-order chi connectivity index (χ1) is 14.3. The molecular formula is C22H29FN4O3. The number of hydrogen-bond donors (Lipinski definition) is 4. The Morgan fingerprint density at radius 1 is 1.40 bits per heavy atom. The second-order valence-corrected chi connectivity index (χ2v) is 7.22. The Bertz CT molecular complexity index is 874. The zero-order valence-electron chi connectivity index (χ0n) is 17.1. The van der Waals surface area contributed by atoms with Gasteiger partial charge in [0.15, 0.2) is 0 Å². The van der Waals surface area contributed by atoms with E-state index in [4.69, 9.17) is 21.0 Å². The third kappa shape index (κ3) is 6.20. The van der Waals surface area contributed by atoms with Crippen LogP contribution >= 0.6 is 0 Å². The summed E-state index contributed by atoms with van der Waals surface area (Å²) in [6.07, 6.45) is 5.73. The van der Waals surface area contributed by atoms with Gasteiger partial charge in [0.2, 0.25) is 0 Å². The summed E-state index contributed by atoms with van der Waals surface area (Å²) in [6.45, 7) is 6.84. The van der Waals surface area contributed by atoms with Crippen molar-refractivity contribution in [2.75, 3.05) is 25.4 Å². The van der Waals surface area contributed by atoms with E-state index in [1.807, 2.05) is 19.1 Å². The maximum Gasteiger partial charge on any atom is 0.142 e. The van der Waals surface area contributed by atoms with Gasteiger partial charge in [0, 0.05) is 29.1 Å². The van der Waals surface area contributed by atoms with Gasteiger partial charge in [-0.3, -0.25) is 4.79 Å². The molecule has 30 heavy (non-hydrogen) atoms. The molecule has 162 valence electrons. The smallest absolute Gasteiger partial charge is 0.142 e. The van der Waals surface area contributed by atoms with Crippen LogP contribution in [0, 0.1) is 6.92 Å². The maximum absolute atomic E-state index is 12.2. The number of aromatic amines is 1. The van der Waals surface area contributed by atoms with Crippen molar-refractivity contribution < 1.29 is 19.1 Å². The number of halogens is 1. The van der Waals surface area contributed by atoms with Crippen LogP contribution in [0.2, 0.25) is 0 Å². The molecule has 3 heterocycles. The molecule has 2 fully saturated rings. The van der Waals surface area contributed by atoms with Crippen LogP contribution in [0.4, 0.5) is 10.3 Å². The van der Waals surface area contributed by atoms with Gasteiger partial charge < -0.3 is 26.3 Å². The minimum absolute atomic E-state index is 0.0608. The number of aldehydes is 1. The number of phenolic OH excluding ortho intramolecular Hbond substituents is 1. The van der Waals surface area contributed by atoms with E-state index in [9.17, 15) is 9.59 Å².